The molecule has 0 fully saturated rings. The van der Waals surface area contributed by atoms with Crippen molar-refractivity contribution < 1.29 is 19.7 Å². The first-order valence-electron chi connectivity index (χ1n) is 12.1. The minimum atomic E-state index is -0.864. The van der Waals surface area contributed by atoms with Gasteiger partial charge in [-0.1, -0.05) is 60.7 Å². The summed E-state index contributed by atoms with van der Waals surface area (Å²) in [4.78, 5) is 20.3. The van der Waals surface area contributed by atoms with Crippen molar-refractivity contribution in [1.29, 1.82) is 0 Å². The number of nitrogens with zero attached hydrogens (tertiary/aromatic N) is 1. The number of aromatic nitrogens is 2. The summed E-state index contributed by atoms with van der Waals surface area (Å²) in [5, 5.41) is 24.2. The summed E-state index contributed by atoms with van der Waals surface area (Å²) in [5.74, 6) is 0.540. The molecular formula is C28H37N3O4. The van der Waals surface area contributed by atoms with Crippen LogP contribution in [0.5, 0.6) is 0 Å². The Hall–Kier alpha value is -3.16. The number of ether oxygens (including phenoxy) is 1. The van der Waals surface area contributed by atoms with Gasteiger partial charge in [0.15, 0.2) is 0 Å². The molecule has 0 saturated carbocycles. The highest BCUT2D eigenvalue weighted by Gasteiger charge is 2.29. The number of rotatable bonds is 10. The second-order valence-corrected chi connectivity index (χ2v) is 10.0. The number of hydrogen-bond acceptors (Lipinski definition) is 5. The van der Waals surface area contributed by atoms with E-state index in [1.807, 2.05) is 81.4 Å². The first-order valence-corrected chi connectivity index (χ1v) is 12.1. The molecule has 0 aliphatic carbocycles. The average Bonchev–Trinajstić information content (AvgIpc) is 3.29. The van der Waals surface area contributed by atoms with Crippen molar-refractivity contribution in [1.82, 2.24) is 15.3 Å². The molecule has 4 atom stereocenters. The van der Waals surface area contributed by atoms with Gasteiger partial charge in [0.25, 0.3) is 0 Å². The number of aromatic amines is 1. The molecule has 1 heterocycles. The Kier molecular flexibility index (Phi) is 9.07. The quantitative estimate of drug-likeness (QED) is 0.338. The van der Waals surface area contributed by atoms with E-state index in [-0.39, 0.29) is 5.92 Å². The van der Waals surface area contributed by atoms with Crippen molar-refractivity contribution >= 4 is 6.09 Å². The summed E-state index contributed by atoms with van der Waals surface area (Å²) in [6.07, 6.45) is 0.992. The van der Waals surface area contributed by atoms with Crippen molar-refractivity contribution in [2.45, 2.75) is 76.7 Å². The molecule has 7 heteroatoms. The number of amides is 1. The van der Waals surface area contributed by atoms with E-state index in [0.717, 1.165) is 11.1 Å². The topological polar surface area (TPSA) is 107 Å². The number of imidazole rings is 1. The molecule has 0 aliphatic heterocycles. The van der Waals surface area contributed by atoms with Crippen molar-refractivity contribution in [3.63, 3.8) is 0 Å². The Morgan fingerprint density at radius 1 is 1.00 bits per heavy atom. The first-order chi connectivity index (χ1) is 16.6. The zero-order valence-corrected chi connectivity index (χ0v) is 20.9. The van der Waals surface area contributed by atoms with Gasteiger partial charge in [-0.3, -0.25) is 0 Å². The maximum atomic E-state index is 12.6. The molecule has 3 aromatic rings. The van der Waals surface area contributed by atoms with Crippen LogP contribution in [0.25, 0.3) is 0 Å². The molecule has 0 saturated heterocycles. The highest BCUT2D eigenvalue weighted by molar-refractivity contribution is 5.68. The Balaban J connectivity index is 1.83. The number of H-pyrrole nitrogens is 1. The SMILES string of the molecule is CC(O)c1cnc([C@H](Cc2ccccc2)C[C@H](O)[C@H](Cc2ccccc2)NC(=O)OC(C)(C)C)[nH]1. The number of benzene rings is 2. The van der Waals surface area contributed by atoms with Gasteiger partial charge >= 0.3 is 6.09 Å². The number of hydrogen-bond donors (Lipinski definition) is 4. The molecular weight excluding hydrogens is 442 g/mol. The van der Waals surface area contributed by atoms with Crippen molar-refractivity contribution in [2.24, 2.45) is 0 Å². The second kappa shape index (κ2) is 12.0. The third kappa shape index (κ3) is 8.53. The lowest BCUT2D eigenvalue weighted by Crippen LogP contribution is -2.47. The fourth-order valence-electron chi connectivity index (χ4n) is 4.03. The molecule has 0 aliphatic rings. The van der Waals surface area contributed by atoms with Gasteiger partial charge in [-0.05, 0) is 58.1 Å². The zero-order chi connectivity index (χ0) is 25.4. The third-order valence-corrected chi connectivity index (χ3v) is 5.77. The van der Waals surface area contributed by atoms with Crippen molar-refractivity contribution in [3.05, 3.63) is 89.5 Å². The number of nitrogens with one attached hydrogen (secondary N) is 2. The van der Waals surface area contributed by atoms with Crippen LogP contribution in [-0.4, -0.2) is 44.0 Å². The van der Waals surface area contributed by atoms with Crippen LogP contribution >= 0.6 is 0 Å². The standard InChI is InChI=1S/C28H37N3O4/c1-19(32)24-18-29-26(30-24)22(15-20-11-7-5-8-12-20)17-25(33)23(16-21-13-9-6-10-14-21)31-27(34)35-28(2,3)4/h5-14,18-19,22-23,25,32-33H,15-17H2,1-4H3,(H,29,30)(H,31,34)/t19?,22-,23+,25+/m1/s1. The summed E-state index contributed by atoms with van der Waals surface area (Å²) in [7, 11) is 0. The summed E-state index contributed by atoms with van der Waals surface area (Å²) < 4.78 is 5.46. The summed E-state index contributed by atoms with van der Waals surface area (Å²) >= 11 is 0. The summed E-state index contributed by atoms with van der Waals surface area (Å²) in [6, 6.07) is 19.2. The number of carbonyl (C=O) groups is 1. The van der Waals surface area contributed by atoms with E-state index in [1.54, 1.807) is 13.1 Å². The van der Waals surface area contributed by atoms with Crippen LogP contribution in [0.2, 0.25) is 0 Å². The molecule has 1 amide bonds. The van der Waals surface area contributed by atoms with E-state index in [0.29, 0.717) is 30.8 Å². The van der Waals surface area contributed by atoms with Crippen LogP contribution in [0, 0.1) is 0 Å². The highest BCUT2D eigenvalue weighted by atomic mass is 16.6. The molecule has 4 N–H and O–H groups in total. The zero-order valence-electron chi connectivity index (χ0n) is 20.9. The van der Waals surface area contributed by atoms with Gasteiger partial charge in [0.2, 0.25) is 0 Å². The minimum Gasteiger partial charge on any atom is -0.444 e. The van der Waals surface area contributed by atoms with E-state index in [1.165, 1.54) is 0 Å². The Morgan fingerprint density at radius 2 is 1.57 bits per heavy atom. The summed E-state index contributed by atoms with van der Waals surface area (Å²) in [6.45, 7) is 7.10. The first kappa shape index (κ1) is 26.4. The molecule has 2 aromatic carbocycles. The molecule has 7 nitrogen and oxygen atoms in total. The molecule has 0 radical (unpaired) electrons. The molecule has 188 valence electrons. The van der Waals surface area contributed by atoms with Gasteiger partial charge in [0, 0.05) is 5.92 Å². The molecule has 0 bridgehead atoms. The van der Waals surface area contributed by atoms with Crippen LogP contribution < -0.4 is 5.32 Å². The van der Waals surface area contributed by atoms with Gasteiger partial charge in [-0.25, -0.2) is 9.78 Å². The Labute approximate surface area is 207 Å². The van der Waals surface area contributed by atoms with E-state index in [9.17, 15) is 15.0 Å². The van der Waals surface area contributed by atoms with Gasteiger partial charge < -0.3 is 25.3 Å². The number of aliphatic hydroxyl groups is 2. The van der Waals surface area contributed by atoms with Crippen LogP contribution in [0.1, 0.15) is 68.8 Å². The summed E-state index contributed by atoms with van der Waals surface area (Å²) in [5.41, 5.74) is 2.09. The van der Waals surface area contributed by atoms with E-state index in [4.69, 9.17) is 4.74 Å². The van der Waals surface area contributed by atoms with E-state index < -0.39 is 29.9 Å². The molecule has 1 unspecified atom stereocenters. The van der Waals surface area contributed by atoms with Crippen molar-refractivity contribution in [3.8, 4) is 0 Å². The van der Waals surface area contributed by atoms with Gasteiger partial charge in [-0.2, -0.15) is 0 Å². The van der Waals surface area contributed by atoms with Crippen LogP contribution in [0.4, 0.5) is 4.79 Å². The average molecular weight is 480 g/mol. The lowest BCUT2D eigenvalue weighted by atomic mass is 9.89. The normalized spacial score (nSPS) is 15.1. The smallest absolute Gasteiger partial charge is 0.407 e. The number of aliphatic hydroxyl groups excluding tert-OH is 2. The minimum absolute atomic E-state index is 0.154. The van der Waals surface area contributed by atoms with Gasteiger partial charge in [-0.15, -0.1) is 0 Å². The Bertz CT molecular complexity index is 1040. The van der Waals surface area contributed by atoms with Gasteiger partial charge in [0.05, 0.1) is 30.1 Å². The fourth-order valence-corrected chi connectivity index (χ4v) is 4.03. The number of alkyl carbamates (subject to hydrolysis) is 1. The lowest BCUT2D eigenvalue weighted by molar-refractivity contribution is 0.0404. The predicted molar refractivity (Wildman–Crippen MR) is 136 cm³/mol. The number of carbonyl (C=O) groups excluding carboxylic acids is 1. The maximum Gasteiger partial charge on any atom is 0.407 e. The van der Waals surface area contributed by atoms with E-state index in [2.05, 4.69) is 15.3 Å². The monoisotopic (exact) mass is 479 g/mol. The van der Waals surface area contributed by atoms with Crippen molar-refractivity contribution in [2.75, 3.05) is 0 Å². The molecule has 3 rings (SSSR count). The van der Waals surface area contributed by atoms with Gasteiger partial charge in [0.1, 0.15) is 11.4 Å². The van der Waals surface area contributed by atoms with Crippen LogP contribution in [0.3, 0.4) is 0 Å². The van der Waals surface area contributed by atoms with E-state index >= 15 is 0 Å². The Morgan fingerprint density at radius 3 is 2.09 bits per heavy atom. The lowest BCUT2D eigenvalue weighted by Gasteiger charge is -2.29. The predicted octanol–water partition coefficient (Wildman–Crippen LogP) is 4.68. The third-order valence-electron chi connectivity index (χ3n) is 5.77. The molecule has 0 spiro atoms. The molecule has 1 aromatic heterocycles. The fraction of sp³-hybridized carbons (Fsp3) is 0.429. The van der Waals surface area contributed by atoms with Crippen LogP contribution in [-0.2, 0) is 17.6 Å². The highest BCUT2D eigenvalue weighted by Crippen LogP contribution is 2.27. The maximum absolute atomic E-state index is 12.6. The molecule has 35 heavy (non-hydrogen) atoms. The second-order valence-electron chi connectivity index (χ2n) is 10.0. The largest absolute Gasteiger partial charge is 0.444 e. The van der Waals surface area contributed by atoms with Crippen LogP contribution in [0.15, 0.2) is 66.9 Å².